The van der Waals surface area contributed by atoms with E-state index in [0.717, 1.165) is 12.1 Å². The summed E-state index contributed by atoms with van der Waals surface area (Å²) in [5, 5.41) is 11.4. The molecule has 2 aromatic rings. The van der Waals surface area contributed by atoms with Crippen molar-refractivity contribution in [3.05, 3.63) is 64.7 Å². The molecule has 0 unspecified atom stereocenters. The number of aryl methyl sites for hydroxylation is 1. The molecule has 0 saturated heterocycles. The normalized spacial score (nSPS) is 10.2. The van der Waals surface area contributed by atoms with Gasteiger partial charge in [-0.15, -0.1) is 0 Å². The zero-order chi connectivity index (χ0) is 15.6. The van der Waals surface area contributed by atoms with Crippen molar-refractivity contribution in [1.29, 1.82) is 0 Å². The van der Waals surface area contributed by atoms with Gasteiger partial charge >= 0.3 is 5.97 Å². The van der Waals surface area contributed by atoms with Gasteiger partial charge in [0.2, 0.25) is 0 Å². The van der Waals surface area contributed by atoms with Gasteiger partial charge in [-0.25, -0.2) is 13.6 Å². The monoisotopic (exact) mass is 291 g/mol. The Bertz CT molecular complexity index is 709. The van der Waals surface area contributed by atoms with E-state index < -0.39 is 23.5 Å². The van der Waals surface area contributed by atoms with Crippen LogP contribution in [0, 0.1) is 18.6 Å². The summed E-state index contributed by atoms with van der Waals surface area (Å²) < 4.78 is 26.2. The molecule has 2 aromatic carbocycles. The Morgan fingerprint density at radius 1 is 1.00 bits per heavy atom. The third-order valence-electron chi connectivity index (χ3n) is 2.86. The number of halogens is 2. The van der Waals surface area contributed by atoms with Crippen molar-refractivity contribution in [3.63, 3.8) is 0 Å². The number of aromatic carboxylic acids is 1. The van der Waals surface area contributed by atoms with Crippen molar-refractivity contribution in [3.8, 4) is 0 Å². The van der Waals surface area contributed by atoms with E-state index in [2.05, 4.69) is 5.32 Å². The predicted octanol–water partition coefficient (Wildman–Crippen LogP) is 3.22. The molecule has 0 radical (unpaired) electrons. The number of hydrogen-bond acceptors (Lipinski definition) is 2. The van der Waals surface area contributed by atoms with E-state index in [1.54, 1.807) is 6.92 Å². The number of amides is 1. The molecule has 0 aromatic heterocycles. The van der Waals surface area contributed by atoms with Crippen molar-refractivity contribution >= 4 is 17.6 Å². The minimum atomic E-state index is -1.14. The summed E-state index contributed by atoms with van der Waals surface area (Å²) >= 11 is 0. The maximum absolute atomic E-state index is 13.1. The zero-order valence-electron chi connectivity index (χ0n) is 11.0. The maximum atomic E-state index is 13.1. The fraction of sp³-hybridized carbons (Fsp3) is 0.0667. The van der Waals surface area contributed by atoms with Crippen LogP contribution in [0.5, 0.6) is 0 Å². The van der Waals surface area contributed by atoms with E-state index in [0.29, 0.717) is 11.6 Å². The first-order chi connectivity index (χ1) is 9.86. The van der Waals surface area contributed by atoms with Crippen LogP contribution in [0.15, 0.2) is 36.4 Å². The molecule has 0 fully saturated rings. The number of carbonyl (C=O) groups excluding carboxylic acids is 1. The van der Waals surface area contributed by atoms with Crippen LogP contribution in [0.4, 0.5) is 14.5 Å². The fourth-order valence-corrected chi connectivity index (χ4v) is 1.77. The number of nitrogens with one attached hydrogen (secondary N) is 1. The quantitative estimate of drug-likeness (QED) is 0.912. The summed E-state index contributed by atoms with van der Waals surface area (Å²) in [7, 11) is 0. The van der Waals surface area contributed by atoms with Crippen LogP contribution < -0.4 is 5.32 Å². The first-order valence-corrected chi connectivity index (χ1v) is 5.98. The number of carboxylic acids is 1. The van der Waals surface area contributed by atoms with E-state index in [4.69, 9.17) is 5.11 Å². The molecule has 6 heteroatoms. The Balaban J connectivity index is 2.31. The lowest BCUT2D eigenvalue weighted by atomic mass is 10.1. The van der Waals surface area contributed by atoms with E-state index in [9.17, 15) is 18.4 Å². The van der Waals surface area contributed by atoms with Gasteiger partial charge in [-0.05, 0) is 36.8 Å². The van der Waals surface area contributed by atoms with Crippen LogP contribution in [0.3, 0.4) is 0 Å². The molecule has 0 heterocycles. The summed E-state index contributed by atoms with van der Waals surface area (Å²) in [6, 6.07) is 6.67. The minimum Gasteiger partial charge on any atom is -0.478 e. The molecule has 0 aliphatic carbocycles. The van der Waals surface area contributed by atoms with Crippen LogP contribution in [-0.4, -0.2) is 17.0 Å². The molecular weight excluding hydrogens is 280 g/mol. The lowest BCUT2D eigenvalue weighted by molar-refractivity contribution is 0.0696. The van der Waals surface area contributed by atoms with Gasteiger partial charge in [-0.1, -0.05) is 6.07 Å². The summed E-state index contributed by atoms with van der Waals surface area (Å²) in [6.45, 7) is 1.67. The smallest absolute Gasteiger partial charge is 0.335 e. The molecule has 21 heavy (non-hydrogen) atoms. The van der Waals surface area contributed by atoms with Crippen molar-refractivity contribution in [2.24, 2.45) is 0 Å². The van der Waals surface area contributed by atoms with Crippen LogP contribution in [-0.2, 0) is 0 Å². The largest absolute Gasteiger partial charge is 0.478 e. The first-order valence-electron chi connectivity index (χ1n) is 5.98. The van der Waals surface area contributed by atoms with Crippen LogP contribution in [0.1, 0.15) is 26.3 Å². The van der Waals surface area contributed by atoms with Gasteiger partial charge in [0, 0.05) is 17.3 Å². The van der Waals surface area contributed by atoms with Gasteiger partial charge in [-0.2, -0.15) is 0 Å². The Morgan fingerprint density at radius 3 is 2.19 bits per heavy atom. The molecule has 0 atom stereocenters. The average Bonchev–Trinajstić information content (AvgIpc) is 2.39. The molecule has 4 nitrogen and oxygen atoms in total. The fourth-order valence-electron chi connectivity index (χ4n) is 1.77. The molecule has 0 bridgehead atoms. The van der Waals surface area contributed by atoms with Crippen molar-refractivity contribution in [2.75, 3.05) is 5.32 Å². The van der Waals surface area contributed by atoms with E-state index >= 15 is 0 Å². The number of benzene rings is 2. The minimum absolute atomic E-state index is 0.00122. The van der Waals surface area contributed by atoms with Crippen molar-refractivity contribution in [1.82, 2.24) is 0 Å². The topological polar surface area (TPSA) is 66.4 Å². The highest BCUT2D eigenvalue weighted by molar-refractivity contribution is 6.05. The Kier molecular flexibility index (Phi) is 3.98. The van der Waals surface area contributed by atoms with Crippen molar-refractivity contribution < 1.29 is 23.5 Å². The standard InChI is InChI=1S/C15H11F2NO3/c1-8-2-3-9(15(20)21)6-13(8)18-14(19)10-4-11(16)7-12(17)5-10/h2-7H,1H3,(H,18,19)(H,20,21). The van der Waals surface area contributed by atoms with Gasteiger partial charge in [0.15, 0.2) is 0 Å². The molecular formula is C15H11F2NO3. The van der Waals surface area contributed by atoms with Crippen LogP contribution in [0.25, 0.3) is 0 Å². The predicted molar refractivity (Wildman–Crippen MR) is 72.4 cm³/mol. The summed E-state index contributed by atoms with van der Waals surface area (Å²) in [4.78, 5) is 22.9. The highest BCUT2D eigenvalue weighted by Gasteiger charge is 2.12. The van der Waals surface area contributed by atoms with Gasteiger partial charge in [0.25, 0.3) is 5.91 Å². The van der Waals surface area contributed by atoms with Crippen molar-refractivity contribution in [2.45, 2.75) is 6.92 Å². The zero-order valence-corrected chi connectivity index (χ0v) is 11.0. The number of carboxylic acid groups (broad SMARTS) is 1. The van der Waals surface area contributed by atoms with E-state index in [-0.39, 0.29) is 16.8 Å². The third kappa shape index (κ3) is 3.42. The Hall–Kier alpha value is -2.76. The van der Waals surface area contributed by atoms with E-state index in [1.807, 2.05) is 0 Å². The van der Waals surface area contributed by atoms with E-state index in [1.165, 1.54) is 18.2 Å². The highest BCUT2D eigenvalue weighted by Crippen LogP contribution is 2.18. The summed E-state index contributed by atoms with van der Waals surface area (Å²) in [5.41, 5.74) is 0.712. The lowest BCUT2D eigenvalue weighted by Crippen LogP contribution is -2.14. The second-order valence-corrected chi connectivity index (χ2v) is 4.45. The molecule has 2 rings (SSSR count). The second-order valence-electron chi connectivity index (χ2n) is 4.45. The molecule has 0 aliphatic rings. The molecule has 0 spiro atoms. The molecule has 0 saturated carbocycles. The Morgan fingerprint density at radius 2 is 1.62 bits per heavy atom. The SMILES string of the molecule is Cc1ccc(C(=O)O)cc1NC(=O)c1cc(F)cc(F)c1. The number of rotatable bonds is 3. The first kappa shape index (κ1) is 14.6. The van der Waals surface area contributed by atoms with Crippen LogP contribution >= 0.6 is 0 Å². The molecule has 2 N–H and O–H groups in total. The van der Waals surface area contributed by atoms with Gasteiger partial charge in [0.05, 0.1) is 5.56 Å². The van der Waals surface area contributed by atoms with Gasteiger partial charge < -0.3 is 10.4 Å². The number of hydrogen-bond donors (Lipinski definition) is 2. The Labute approximate surface area is 119 Å². The second kappa shape index (κ2) is 5.70. The summed E-state index contributed by atoms with van der Waals surface area (Å²) in [5.74, 6) is -3.59. The number of anilines is 1. The summed E-state index contributed by atoms with van der Waals surface area (Å²) in [6.07, 6.45) is 0. The maximum Gasteiger partial charge on any atom is 0.335 e. The number of carbonyl (C=O) groups is 2. The highest BCUT2D eigenvalue weighted by atomic mass is 19.1. The van der Waals surface area contributed by atoms with Gasteiger partial charge in [0.1, 0.15) is 11.6 Å². The van der Waals surface area contributed by atoms with Crippen LogP contribution in [0.2, 0.25) is 0 Å². The average molecular weight is 291 g/mol. The molecule has 1 amide bonds. The molecule has 108 valence electrons. The van der Waals surface area contributed by atoms with Gasteiger partial charge in [-0.3, -0.25) is 4.79 Å². The molecule has 0 aliphatic heterocycles. The lowest BCUT2D eigenvalue weighted by Gasteiger charge is -2.09. The third-order valence-corrected chi connectivity index (χ3v) is 2.86.